The van der Waals surface area contributed by atoms with Crippen molar-refractivity contribution in [3.05, 3.63) is 212 Å². The SMILES string of the molecule is c1ccc(-c2ccc(-c3nc(-c4ccc(-c5ccc6ccccc6c5)cc4)nc(-c4cccc5c(-c6cccc7ccccc67)cccc45)n3)c3c2oc2ccccc23)cc1. The van der Waals surface area contributed by atoms with Crippen molar-refractivity contribution < 1.29 is 4.42 Å². The lowest BCUT2D eigenvalue weighted by Crippen LogP contribution is -2.01. The van der Waals surface area contributed by atoms with Crippen LogP contribution in [0.1, 0.15) is 0 Å². The molecule has 0 N–H and O–H groups in total. The molecule has 0 spiro atoms. The lowest BCUT2D eigenvalue weighted by atomic mass is 9.92. The molecular weight excluding hydrogens is 743 g/mol. The van der Waals surface area contributed by atoms with E-state index in [9.17, 15) is 0 Å². The van der Waals surface area contributed by atoms with Gasteiger partial charge in [-0.2, -0.15) is 0 Å². The van der Waals surface area contributed by atoms with Gasteiger partial charge in [-0.3, -0.25) is 0 Å². The van der Waals surface area contributed by atoms with Gasteiger partial charge in [-0.1, -0.05) is 188 Å². The lowest BCUT2D eigenvalue weighted by Gasteiger charge is -2.14. The summed E-state index contributed by atoms with van der Waals surface area (Å²) in [5.41, 5.74) is 11.1. The third-order valence-electron chi connectivity index (χ3n) is 12.0. The Labute approximate surface area is 352 Å². The number of fused-ring (bicyclic) bond motifs is 6. The molecule has 0 saturated heterocycles. The van der Waals surface area contributed by atoms with Crippen LogP contribution in [-0.2, 0) is 0 Å². The number of rotatable bonds is 6. The molecule has 4 heteroatoms. The standard InChI is InChI=1S/C57H35N3O/c1-2-14-39(15-3-1)44-33-34-51(53-50-20-8-9-26-52(50)61-54(44)53)57-59-55(40-30-27-37(28-31-40)42-32-29-36-13-4-5-17-41(36)35-42)58-56(60-57)49-25-12-23-47-46(22-11-24-48(47)49)45-21-10-18-38-16-6-7-19-43(38)45/h1-35H. The molecule has 4 nitrogen and oxygen atoms in total. The molecule has 61 heavy (non-hydrogen) atoms. The Kier molecular flexibility index (Phi) is 8.13. The first-order valence-electron chi connectivity index (χ1n) is 20.6. The van der Waals surface area contributed by atoms with E-state index in [-0.39, 0.29) is 0 Å². The number of nitrogens with zero attached hydrogens (tertiary/aromatic N) is 3. The molecule has 2 aromatic heterocycles. The average Bonchev–Trinajstić information content (AvgIpc) is 3.73. The zero-order valence-corrected chi connectivity index (χ0v) is 33.0. The van der Waals surface area contributed by atoms with Crippen molar-refractivity contribution in [2.45, 2.75) is 0 Å². The topological polar surface area (TPSA) is 51.8 Å². The Morgan fingerprint density at radius 3 is 1.64 bits per heavy atom. The molecule has 0 amide bonds. The summed E-state index contributed by atoms with van der Waals surface area (Å²) in [5, 5.41) is 9.06. The Hall–Kier alpha value is -8.21. The van der Waals surface area contributed by atoms with Crippen LogP contribution in [0, 0.1) is 0 Å². The number of hydrogen-bond acceptors (Lipinski definition) is 4. The molecule has 0 aliphatic heterocycles. The van der Waals surface area contributed by atoms with E-state index in [1.807, 2.05) is 18.2 Å². The fourth-order valence-electron chi connectivity index (χ4n) is 8.99. The van der Waals surface area contributed by atoms with Gasteiger partial charge in [0.05, 0.1) is 0 Å². The van der Waals surface area contributed by atoms with Gasteiger partial charge in [-0.05, 0) is 84.4 Å². The molecule has 0 atom stereocenters. The highest BCUT2D eigenvalue weighted by Crippen LogP contribution is 2.43. The summed E-state index contributed by atoms with van der Waals surface area (Å²) >= 11 is 0. The van der Waals surface area contributed by atoms with Crippen LogP contribution >= 0.6 is 0 Å². The van der Waals surface area contributed by atoms with Crippen LogP contribution in [0.4, 0.5) is 0 Å². The van der Waals surface area contributed by atoms with Crippen LogP contribution in [0.15, 0.2) is 217 Å². The molecular formula is C57H35N3O. The van der Waals surface area contributed by atoms with Gasteiger partial charge < -0.3 is 4.42 Å². The first kappa shape index (κ1) is 34.8. The molecule has 2 heterocycles. The van der Waals surface area contributed by atoms with E-state index in [1.54, 1.807) is 0 Å². The minimum absolute atomic E-state index is 0.581. The van der Waals surface area contributed by atoms with E-state index < -0.39 is 0 Å². The highest BCUT2D eigenvalue weighted by molar-refractivity contribution is 6.16. The van der Waals surface area contributed by atoms with E-state index in [2.05, 4.69) is 194 Å². The number of aromatic nitrogens is 3. The molecule has 0 aliphatic rings. The van der Waals surface area contributed by atoms with Gasteiger partial charge in [0.25, 0.3) is 0 Å². The Morgan fingerprint density at radius 2 is 0.820 bits per heavy atom. The second-order valence-corrected chi connectivity index (χ2v) is 15.5. The van der Waals surface area contributed by atoms with Gasteiger partial charge in [-0.15, -0.1) is 0 Å². The average molecular weight is 778 g/mol. The molecule has 0 unspecified atom stereocenters. The zero-order valence-electron chi connectivity index (χ0n) is 33.0. The summed E-state index contributed by atoms with van der Waals surface area (Å²) < 4.78 is 6.68. The Bertz CT molecular complexity index is 3640. The maximum Gasteiger partial charge on any atom is 0.164 e. The summed E-state index contributed by atoms with van der Waals surface area (Å²) in [6.07, 6.45) is 0. The Morgan fingerprint density at radius 1 is 0.279 bits per heavy atom. The van der Waals surface area contributed by atoms with Gasteiger partial charge >= 0.3 is 0 Å². The highest BCUT2D eigenvalue weighted by Gasteiger charge is 2.22. The smallest absolute Gasteiger partial charge is 0.164 e. The van der Waals surface area contributed by atoms with Gasteiger partial charge in [-0.25, -0.2) is 15.0 Å². The monoisotopic (exact) mass is 777 g/mol. The Balaban J connectivity index is 1.07. The predicted molar refractivity (Wildman–Crippen MR) is 252 cm³/mol. The van der Waals surface area contributed by atoms with Crippen molar-refractivity contribution in [2.24, 2.45) is 0 Å². The summed E-state index contributed by atoms with van der Waals surface area (Å²) in [5.74, 6) is 1.78. The molecule has 0 aliphatic carbocycles. The number of para-hydroxylation sites is 1. The van der Waals surface area contributed by atoms with Crippen molar-refractivity contribution in [1.82, 2.24) is 15.0 Å². The van der Waals surface area contributed by atoms with Crippen molar-refractivity contribution in [3.8, 4) is 67.5 Å². The van der Waals surface area contributed by atoms with E-state index >= 15 is 0 Å². The second kappa shape index (κ2) is 14.3. The molecule has 12 aromatic rings. The van der Waals surface area contributed by atoms with Crippen LogP contribution in [-0.4, -0.2) is 15.0 Å². The maximum atomic E-state index is 6.68. The number of furan rings is 1. The fraction of sp³-hybridized carbons (Fsp3) is 0. The van der Waals surface area contributed by atoms with Gasteiger partial charge in [0.2, 0.25) is 0 Å². The summed E-state index contributed by atoms with van der Waals surface area (Å²) in [4.78, 5) is 16.0. The summed E-state index contributed by atoms with van der Waals surface area (Å²) in [7, 11) is 0. The third-order valence-corrected chi connectivity index (χ3v) is 12.0. The van der Waals surface area contributed by atoms with E-state index in [1.165, 1.54) is 27.1 Å². The molecule has 0 fully saturated rings. The zero-order chi connectivity index (χ0) is 40.3. The molecule has 0 bridgehead atoms. The van der Waals surface area contributed by atoms with Crippen LogP contribution in [0.5, 0.6) is 0 Å². The van der Waals surface area contributed by atoms with Gasteiger partial charge in [0.15, 0.2) is 17.5 Å². The fourth-order valence-corrected chi connectivity index (χ4v) is 8.99. The first-order valence-corrected chi connectivity index (χ1v) is 20.6. The highest BCUT2D eigenvalue weighted by atomic mass is 16.3. The van der Waals surface area contributed by atoms with Gasteiger partial charge in [0, 0.05) is 33.0 Å². The molecule has 284 valence electrons. The molecule has 10 aromatic carbocycles. The van der Waals surface area contributed by atoms with Gasteiger partial charge in [0.1, 0.15) is 11.2 Å². The lowest BCUT2D eigenvalue weighted by molar-refractivity contribution is 0.670. The molecule has 0 saturated carbocycles. The van der Waals surface area contributed by atoms with Crippen molar-refractivity contribution in [3.63, 3.8) is 0 Å². The second-order valence-electron chi connectivity index (χ2n) is 15.5. The quantitative estimate of drug-likeness (QED) is 0.169. The molecule has 0 radical (unpaired) electrons. The minimum atomic E-state index is 0.581. The minimum Gasteiger partial charge on any atom is -0.455 e. The largest absolute Gasteiger partial charge is 0.455 e. The van der Waals surface area contributed by atoms with Crippen LogP contribution in [0.25, 0.3) is 122 Å². The summed E-state index contributed by atoms with van der Waals surface area (Å²) in [6.45, 7) is 0. The normalized spacial score (nSPS) is 11.6. The van der Waals surface area contributed by atoms with Crippen LogP contribution in [0.3, 0.4) is 0 Å². The third kappa shape index (κ3) is 5.96. The van der Waals surface area contributed by atoms with Crippen molar-refractivity contribution >= 4 is 54.3 Å². The van der Waals surface area contributed by atoms with E-state index in [0.29, 0.717) is 17.5 Å². The number of hydrogen-bond donors (Lipinski definition) is 0. The predicted octanol–water partition coefficient (Wildman–Crippen LogP) is 15.2. The maximum absolute atomic E-state index is 6.68. The van der Waals surface area contributed by atoms with E-state index in [4.69, 9.17) is 19.4 Å². The van der Waals surface area contributed by atoms with E-state index in [0.717, 1.165) is 77.2 Å². The molecule has 12 rings (SSSR count). The van der Waals surface area contributed by atoms with Crippen molar-refractivity contribution in [2.75, 3.05) is 0 Å². The van der Waals surface area contributed by atoms with Crippen LogP contribution < -0.4 is 0 Å². The summed E-state index contributed by atoms with van der Waals surface area (Å²) in [6, 6.07) is 74.6. The number of benzene rings is 10. The van der Waals surface area contributed by atoms with Crippen molar-refractivity contribution in [1.29, 1.82) is 0 Å². The van der Waals surface area contributed by atoms with Crippen LogP contribution in [0.2, 0.25) is 0 Å². The first-order chi connectivity index (χ1) is 30.2.